The molecule has 0 bridgehead atoms. The Balaban J connectivity index is 1.96. The molecule has 0 aromatic rings. The lowest BCUT2D eigenvalue weighted by Gasteiger charge is -2.39. The molecule has 1 amide bonds. The molecule has 0 radical (unpaired) electrons. The van der Waals surface area contributed by atoms with Gasteiger partial charge >= 0.3 is 0 Å². The van der Waals surface area contributed by atoms with E-state index in [1.807, 2.05) is 4.90 Å². The summed E-state index contributed by atoms with van der Waals surface area (Å²) in [5.74, 6) is 0.965. The first-order chi connectivity index (χ1) is 9.26. The molecule has 110 valence electrons. The van der Waals surface area contributed by atoms with Gasteiger partial charge in [0.25, 0.3) is 0 Å². The van der Waals surface area contributed by atoms with Gasteiger partial charge in [-0.05, 0) is 51.0 Å². The van der Waals surface area contributed by atoms with Gasteiger partial charge in [0, 0.05) is 19.2 Å². The molecule has 3 atom stereocenters. The van der Waals surface area contributed by atoms with E-state index in [0.717, 1.165) is 38.8 Å². The Bertz CT molecular complexity index is 294. The Hall–Kier alpha value is -0.610. The molecule has 0 saturated carbocycles. The predicted octanol–water partition coefficient (Wildman–Crippen LogP) is 1.53. The lowest BCUT2D eigenvalue weighted by atomic mass is 9.89. The Labute approximate surface area is 116 Å². The van der Waals surface area contributed by atoms with Crippen LogP contribution in [0.4, 0.5) is 0 Å². The van der Waals surface area contributed by atoms with Crippen molar-refractivity contribution in [1.82, 2.24) is 10.2 Å². The molecular formula is C15H28N2O2. The van der Waals surface area contributed by atoms with Crippen LogP contribution in [0.5, 0.6) is 0 Å². The summed E-state index contributed by atoms with van der Waals surface area (Å²) in [5, 5.41) is 12.5. The standard InChI is InChI=1S/C15H28N2O2/c1-2-12-6-8-16-14(11-12)15(19)17-9-4-3-5-13(17)7-10-18/h12-14,16,18H,2-11H2,1H3. The van der Waals surface area contributed by atoms with E-state index in [2.05, 4.69) is 12.2 Å². The highest BCUT2D eigenvalue weighted by atomic mass is 16.3. The first-order valence-corrected chi connectivity index (χ1v) is 7.91. The van der Waals surface area contributed by atoms with Gasteiger partial charge < -0.3 is 15.3 Å². The minimum Gasteiger partial charge on any atom is -0.396 e. The number of amides is 1. The zero-order valence-electron chi connectivity index (χ0n) is 12.1. The third-order valence-corrected chi connectivity index (χ3v) is 4.76. The van der Waals surface area contributed by atoms with Gasteiger partial charge in [0.05, 0.1) is 6.04 Å². The number of carbonyl (C=O) groups excluding carboxylic acids is 1. The van der Waals surface area contributed by atoms with E-state index in [4.69, 9.17) is 5.11 Å². The van der Waals surface area contributed by atoms with Crippen LogP contribution >= 0.6 is 0 Å². The van der Waals surface area contributed by atoms with Gasteiger partial charge in [0.2, 0.25) is 5.91 Å². The van der Waals surface area contributed by atoms with Crippen LogP contribution in [0.1, 0.15) is 51.9 Å². The van der Waals surface area contributed by atoms with E-state index in [9.17, 15) is 4.79 Å². The number of piperidine rings is 2. The molecule has 2 fully saturated rings. The van der Waals surface area contributed by atoms with Crippen molar-refractivity contribution in [2.24, 2.45) is 5.92 Å². The van der Waals surface area contributed by atoms with Crippen LogP contribution in [0.3, 0.4) is 0 Å². The van der Waals surface area contributed by atoms with Gasteiger partial charge in [-0.15, -0.1) is 0 Å². The molecule has 2 N–H and O–H groups in total. The van der Waals surface area contributed by atoms with E-state index < -0.39 is 0 Å². The Morgan fingerprint density at radius 3 is 2.95 bits per heavy atom. The first kappa shape index (κ1) is 14.8. The lowest BCUT2D eigenvalue weighted by molar-refractivity contribution is -0.138. The molecule has 0 aliphatic carbocycles. The topological polar surface area (TPSA) is 52.6 Å². The van der Waals surface area contributed by atoms with Gasteiger partial charge in [-0.3, -0.25) is 4.79 Å². The molecule has 19 heavy (non-hydrogen) atoms. The van der Waals surface area contributed by atoms with Gasteiger partial charge in [-0.1, -0.05) is 13.3 Å². The summed E-state index contributed by atoms with van der Waals surface area (Å²) in [6.45, 7) is 4.24. The van der Waals surface area contributed by atoms with Crippen LogP contribution in [-0.4, -0.2) is 47.7 Å². The average Bonchev–Trinajstić information content (AvgIpc) is 2.47. The lowest BCUT2D eigenvalue weighted by Crippen LogP contribution is -2.54. The van der Waals surface area contributed by atoms with Crippen LogP contribution in [0.25, 0.3) is 0 Å². The third kappa shape index (κ3) is 3.69. The van der Waals surface area contributed by atoms with Crippen molar-refractivity contribution >= 4 is 5.91 Å². The monoisotopic (exact) mass is 268 g/mol. The van der Waals surface area contributed by atoms with Crippen LogP contribution in [-0.2, 0) is 4.79 Å². The molecule has 0 aromatic carbocycles. The number of hydrogen-bond donors (Lipinski definition) is 2. The van der Waals surface area contributed by atoms with Crippen molar-refractivity contribution in [3.8, 4) is 0 Å². The number of carbonyl (C=O) groups is 1. The summed E-state index contributed by atoms with van der Waals surface area (Å²) in [5.41, 5.74) is 0. The van der Waals surface area contributed by atoms with E-state index in [1.54, 1.807) is 0 Å². The summed E-state index contributed by atoms with van der Waals surface area (Å²) in [6, 6.07) is 0.271. The maximum atomic E-state index is 12.7. The summed E-state index contributed by atoms with van der Waals surface area (Å²) in [4.78, 5) is 14.7. The molecule has 2 saturated heterocycles. The van der Waals surface area contributed by atoms with Crippen molar-refractivity contribution in [2.75, 3.05) is 19.7 Å². The molecule has 2 rings (SSSR count). The molecule has 2 aliphatic heterocycles. The maximum absolute atomic E-state index is 12.7. The Kier molecular flexibility index (Phi) is 5.64. The van der Waals surface area contributed by atoms with E-state index in [1.165, 1.54) is 19.3 Å². The molecule has 2 heterocycles. The van der Waals surface area contributed by atoms with Gasteiger partial charge in [-0.25, -0.2) is 0 Å². The predicted molar refractivity (Wildman–Crippen MR) is 75.9 cm³/mol. The number of rotatable bonds is 4. The van der Waals surface area contributed by atoms with E-state index in [-0.39, 0.29) is 24.6 Å². The summed E-state index contributed by atoms with van der Waals surface area (Å²) >= 11 is 0. The summed E-state index contributed by atoms with van der Waals surface area (Å²) < 4.78 is 0. The minimum atomic E-state index is 0.0120. The molecule has 0 spiro atoms. The van der Waals surface area contributed by atoms with Gasteiger partial charge in [-0.2, -0.15) is 0 Å². The van der Waals surface area contributed by atoms with Crippen LogP contribution in [0.15, 0.2) is 0 Å². The maximum Gasteiger partial charge on any atom is 0.239 e. The SMILES string of the molecule is CCC1CCNC(C(=O)N2CCCCC2CCO)C1. The third-order valence-electron chi connectivity index (χ3n) is 4.76. The highest BCUT2D eigenvalue weighted by Gasteiger charge is 2.33. The second-order valence-electron chi connectivity index (χ2n) is 6.00. The van der Waals surface area contributed by atoms with Crippen molar-refractivity contribution < 1.29 is 9.90 Å². The zero-order chi connectivity index (χ0) is 13.7. The van der Waals surface area contributed by atoms with Crippen molar-refractivity contribution in [1.29, 1.82) is 0 Å². The Morgan fingerprint density at radius 1 is 1.37 bits per heavy atom. The van der Waals surface area contributed by atoms with Crippen molar-refractivity contribution in [3.63, 3.8) is 0 Å². The van der Waals surface area contributed by atoms with E-state index >= 15 is 0 Å². The number of hydrogen-bond acceptors (Lipinski definition) is 3. The van der Waals surface area contributed by atoms with Gasteiger partial charge in [0.15, 0.2) is 0 Å². The molecule has 2 aliphatic rings. The highest BCUT2D eigenvalue weighted by Crippen LogP contribution is 2.24. The normalized spacial score (nSPS) is 32.3. The first-order valence-electron chi connectivity index (χ1n) is 7.91. The fourth-order valence-corrected chi connectivity index (χ4v) is 3.50. The number of nitrogens with one attached hydrogen (secondary N) is 1. The van der Waals surface area contributed by atoms with Crippen molar-refractivity contribution in [2.45, 2.75) is 64.0 Å². The van der Waals surface area contributed by atoms with Crippen LogP contribution < -0.4 is 5.32 Å². The zero-order valence-corrected chi connectivity index (χ0v) is 12.1. The second-order valence-corrected chi connectivity index (χ2v) is 6.00. The highest BCUT2D eigenvalue weighted by molar-refractivity contribution is 5.82. The smallest absolute Gasteiger partial charge is 0.239 e. The van der Waals surface area contributed by atoms with Crippen LogP contribution in [0, 0.1) is 5.92 Å². The Morgan fingerprint density at radius 2 is 2.21 bits per heavy atom. The second kappa shape index (κ2) is 7.25. The molecule has 4 heteroatoms. The molecular weight excluding hydrogens is 240 g/mol. The fraction of sp³-hybridized carbons (Fsp3) is 0.933. The van der Waals surface area contributed by atoms with Crippen LogP contribution in [0.2, 0.25) is 0 Å². The van der Waals surface area contributed by atoms with Crippen molar-refractivity contribution in [3.05, 3.63) is 0 Å². The molecule has 4 nitrogen and oxygen atoms in total. The quantitative estimate of drug-likeness (QED) is 0.813. The molecule has 3 unspecified atom stereocenters. The number of aliphatic hydroxyl groups is 1. The largest absolute Gasteiger partial charge is 0.396 e. The van der Waals surface area contributed by atoms with Gasteiger partial charge in [0.1, 0.15) is 0 Å². The summed E-state index contributed by atoms with van der Waals surface area (Å²) in [7, 11) is 0. The summed E-state index contributed by atoms with van der Waals surface area (Å²) in [6.07, 6.45) is 7.43. The average molecular weight is 268 g/mol. The minimum absolute atomic E-state index is 0.0120. The van der Waals surface area contributed by atoms with E-state index in [0.29, 0.717) is 5.92 Å². The number of nitrogens with zero attached hydrogens (tertiary/aromatic N) is 1. The number of aliphatic hydroxyl groups excluding tert-OH is 1. The molecule has 0 aromatic heterocycles. The number of likely N-dealkylation sites (tertiary alicyclic amines) is 1. The fourth-order valence-electron chi connectivity index (χ4n) is 3.50.